The van der Waals surface area contributed by atoms with Gasteiger partial charge >= 0.3 is 6.18 Å². The van der Waals surface area contributed by atoms with Crippen LogP contribution in [0.4, 0.5) is 19.1 Å². The normalized spacial score (nSPS) is 34.2. The molecule has 182 valence electrons. The summed E-state index contributed by atoms with van der Waals surface area (Å²) in [6.07, 6.45) is 2.67. The lowest BCUT2D eigenvalue weighted by atomic mass is 9.44. The van der Waals surface area contributed by atoms with E-state index in [1.54, 1.807) is 0 Å². The topological polar surface area (TPSA) is 75.2 Å². The third-order valence-corrected chi connectivity index (χ3v) is 9.74. The second kappa shape index (κ2) is 7.92. The molecular formula is C23H31F3N4O2S. The molecule has 6 rings (SSSR count). The van der Waals surface area contributed by atoms with Crippen molar-refractivity contribution >= 4 is 22.7 Å². The van der Waals surface area contributed by atoms with Gasteiger partial charge in [-0.05, 0) is 61.7 Å². The van der Waals surface area contributed by atoms with Crippen molar-refractivity contribution in [3.05, 3.63) is 17.5 Å². The predicted octanol–water partition coefficient (Wildman–Crippen LogP) is 4.11. The lowest BCUT2D eigenvalue weighted by Crippen LogP contribution is -2.60. The van der Waals surface area contributed by atoms with Crippen LogP contribution in [0.25, 0.3) is 0 Å². The first kappa shape index (κ1) is 23.1. The van der Waals surface area contributed by atoms with Gasteiger partial charge in [-0.2, -0.15) is 13.2 Å². The maximum absolute atomic E-state index is 13.9. The van der Waals surface area contributed by atoms with E-state index >= 15 is 0 Å². The molecule has 1 aliphatic heterocycles. The second-order valence-corrected chi connectivity index (χ2v) is 12.7. The van der Waals surface area contributed by atoms with Gasteiger partial charge in [-0.3, -0.25) is 9.00 Å². The maximum atomic E-state index is 13.9. The zero-order valence-corrected chi connectivity index (χ0v) is 19.9. The number of hydrogen-bond acceptors (Lipinski definition) is 5. The number of halogens is 3. The van der Waals surface area contributed by atoms with Gasteiger partial charge in [-0.15, -0.1) is 0 Å². The zero-order chi connectivity index (χ0) is 23.6. The average Bonchev–Trinajstić information content (AvgIpc) is 2.72. The summed E-state index contributed by atoms with van der Waals surface area (Å²) in [6.45, 7) is 4.86. The minimum atomic E-state index is -4.77. The molecule has 1 amide bonds. The molecule has 4 saturated carbocycles. The highest BCUT2D eigenvalue weighted by atomic mass is 32.2. The molecule has 4 bridgehead atoms. The molecule has 10 heteroatoms. The quantitative estimate of drug-likeness (QED) is 0.696. The number of amides is 1. The van der Waals surface area contributed by atoms with E-state index in [0.29, 0.717) is 17.8 Å². The third kappa shape index (κ3) is 4.17. The number of alkyl halides is 3. The van der Waals surface area contributed by atoms with Crippen LogP contribution >= 0.6 is 0 Å². The van der Waals surface area contributed by atoms with Crippen molar-refractivity contribution in [3.63, 3.8) is 0 Å². The summed E-state index contributed by atoms with van der Waals surface area (Å²) in [7, 11) is -1.03. The van der Waals surface area contributed by atoms with Crippen LogP contribution in [0.3, 0.4) is 0 Å². The van der Waals surface area contributed by atoms with Gasteiger partial charge in [0.1, 0.15) is 0 Å². The molecule has 4 aliphatic carbocycles. The van der Waals surface area contributed by atoms with Gasteiger partial charge in [-0.1, -0.05) is 13.8 Å². The van der Waals surface area contributed by atoms with Crippen LogP contribution in [0.2, 0.25) is 0 Å². The maximum Gasteiger partial charge on any atom is 0.434 e. The van der Waals surface area contributed by atoms with Gasteiger partial charge in [0.15, 0.2) is 5.69 Å². The molecule has 1 aromatic heterocycles. The van der Waals surface area contributed by atoms with Crippen LogP contribution in [-0.4, -0.2) is 55.1 Å². The molecule has 33 heavy (non-hydrogen) atoms. The van der Waals surface area contributed by atoms with E-state index in [-0.39, 0.29) is 41.5 Å². The van der Waals surface area contributed by atoms with E-state index in [1.807, 2.05) is 0 Å². The zero-order valence-electron chi connectivity index (χ0n) is 19.1. The van der Waals surface area contributed by atoms with Crippen molar-refractivity contribution in [1.29, 1.82) is 0 Å². The van der Waals surface area contributed by atoms with Crippen LogP contribution in [0.5, 0.6) is 0 Å². The van der Waals surface area contributed by atoms with Crippen molar-refractivity contribution in [2.75, 3.05) is 29.9 Å². The number of carbonyl (C=O) groups is 1. The fourth-order valence-corrected chi connectivity index (χ4v) is 8.27. The van der Waals surface area contributed by atoms with E-state index in [0.717, 1.165) is 25.5 Å². The Balaban J connectivity index is 1.43. The summed E-state index contributed by atoms with van der Waals surface area (Å²) in [6, 6.07) is 0. The highest BCUT2D eigenvalue weighted by molar-refractivity contribution is 7.85. The van der Waals surface area contributed by atoms with Gasteiger partial charge < -0.3 is 10.2 Å². The smallest absolute Gasteiger partial charge is 0.349 e. The Morgan fingerprint density at radius 1 is 1.18 bits per heavy atom. The molecular weight excluding hydrogens is 453 g/mol. The number of carbonyl (C=O) groups excluding carboxylic acids is 1. The average molecular weight is 485 g/mol. The molecule has 0 radical (unpaired) electrons. The first-order valence-corrected chi connectivity index (χ1v) is 13.3. The van der Waals surface area contributed by atoms with E-state index in [2.05, 4.69) is 29.1 Å². The van der Waals surface area contributed by atoms with E-state index in [1.165, 1.54) is 24.2 Å². The SMILES string of the molecule is CC(C)C12CC3CC(CC(Nc4ncc(C(=O)N5CCS(=O)CC5)c(C(F)(F)F)n4)(C3)C1)C2. The fraction of sp³-hybridized carbons (Fsp3) is 0.783. The Kier molecular flexibility index (Phi) is 5.53. The molecule has 6 nitrogen and oxygen atoms in total. The first-order valence-electron chi connectivity index (χ1n) is 11.9. The number of anilines is 1. The Hall–Kier alpha value is -1.71. The van der Waals surface area contributed by atoms with Crippen molar-refractivity contribution in [2.24, 2.45) is 23.2 Å². The molecule has 5 aliphatic rings. The minimum absolute atomic E-state index is 0.0421. The van der Waals surface area contributed by atoms with Gasteiger partial charge in [0.25, 0.3) is 5.91 Å². The summed E-state index contributed by atoms with van der Waals surface area (Å²) in [4.78, 5) is 22.2. The second-order valence-electron chi connectivity index (χ2n) is 11.0. The number of rotatable bonds is 4. The minimum Gasteiger partial charge on any atom is -0.349 e. The molecule has 0 spiro atoms. The predicted molar refractivity (Wildman–Crippen MR) is 119 cm³/mol. The largest absolute Gasteiger partial charge is 0.434 e. The summed E-state index contributed by atoms with van der Waals surface area (Å²) < 4.78 is 53.4. The van der Waals surface area contributed by atoms with E-state index in [9.17, 15) is 22.2 Å². The molecule has 2 heterocycles. The Morgan fingerprint density at radius 2 is 1.82 bits per heavy atom. The molecule has 2 atom stereocenters. The molecule has 1 aromatic rings. The molecule has 1 saturated heterocycles. The van der Waals surface area contributed by atoms with Crippen LogP contribution < -0.4 is 5.32 Å². The standard InChI is InChI=1S/C23H31F3N4O2S/c1-14(2)21-8-15-7-16(9-21)11-22(10-15,13-21)29-20-27-12-17(18(28-20)23(24,25)26)19(31)30-3-5-33(32)6-4-30/h12,14-16H,3-11,13H2,1-2H3,(H,27,28,29). The lowest BCUT2D eigenvalue weighted by Gasteiger charge is -2.63. The lowest BCUT2D eigenvalue weighted by molar-refractivity contribution is -0.141. The fourth-order valence-electron chi connectivity index (χ4n) is 7.22. The van der Waals surface area contributed by atoms with E-state index in [4.69, 9.17) is 0 Å². The summed E-state index contributed by atoms with van der Waals surface area (Å²) in [5, 5.41) is 3.34. The highest BCUT2D eigenvalue weighted by Crippen LogP contribution is 2.64. The number of hydrogen-bond donors (Lipinski definition) is 1. The first-order chi connectivity index (χ1) is 15.5. The van der Waals surface area contributed by atoms with Gasteiger partial charge in [0.05, 0.1) is 5.56 Å². The van der Waals surface area contributed by atoms with Crippen LogP contribution in [0.1, 0.15) is 68.4 Å². The van der Waals surface area contributed by atoms with Crippen molar-refractivity contribution in [3.8, 4) is 0 Å². The summed E-state index contributed by atoms with van der Waals surface area (Å²) in [5.74, 6) is 1.46. The number of nitrogens with one attached hydrogen (secondary N) is 1. The van der Waals surface area contributed by atoms with Gasteiger partial charge in [0.2, 0.25) is 5.95 Å². The Labute approximate surface area is 194 Å². The molecule has 1 N–H and O–H groups in total. The van der Waals surface area contributed by atoms with Crippen molar-refractivity contribution < 1.29 is 22.2 Å². The van der Waals surface area contributed by atoms with Crippen molar-refractivity contribution in [2.45, 2.75) is 64.1 Å². The van der Waals surface area contributed by atoms with Crippen LogP contribution in [0, 0.1) is 23.2 Å². The highest BCUT2D eigenvalue weighted by Gasteiger charge is 2.58. The number of nitrogens with zero attached hydrogens (tertiary/aromatic N) is 3. The van der Waals surface area contributed by atoms with E-state index < -0.39 is 34.1 Å². The number of aromatic nitrogens is 2. The molecule has 2 unspecified atom stereocenters. The Bertz CT molecular complexity index is 959. The summed E-state index contributed by atoms with van der Waals surface area (Å²) >= 11 is 0. The van der Waals surface area contributed by atoms with Gasteiger partial charge in [0, 0.05) is 47.1 Å². The molecule has 5 fully saturated rings. The Morgan fingerprint density at radius 3 is 2.39 bits per heavy atom. The third-order valence-electron chi connectivity index (χ3n) is 8.46. The van der Waals surface area contributed by atoms with Gasteiger partial charge in [-0.25, -0.2) is 9.97 Å². The molecule has 0 aromatic carbocycles. The van der Waals surface area contributed by atoms with Crippen molar-refractivity contribution in [1.82, 2.24) is 14.9 Å². The van der Waals surface area contributed by atoms with Crippen LogP contribution in [0.15, 0.2) is 6.20 Å². The monoisotopic (exact) mass is 484 g/mol. The summed E-state index contributed by atoms with van der Waals surface area (Å²) in [5.41, 5.74) is -1.78. The van der Waals surface area contributed by atoms with Crippen LogP contribution in [-0.2, 0) is 17.0 Å².